The van der Waals surface area contributed by atoms with Crippen LogP contribution >= 0.6 is 0 Å². The Hall–Kier alpha value is -3.54. The summed E-state index contributed by atoms with van der Waals surface area (Å²) in [6, 6.07) is 14.6. The number of rotatable bonds is 4. The molecule has 0 aliphatic carbocycles. The summed E-state index contributed by atoms with van der Waals surface area (Å²) in [5.41, 5.74) is 1.39. The standard InChI is InChI=1S/C20H16N2O4/c1-24-17-10-13-15(11-18(17)25-2)21-8-7-16(13)26-19-9-12-5-3-4-6-14(12)22-20(19)23/h3-11H,1-2H3,(H,22,23). The number of nitrogens with zero attached hydrogens (tertiary/aromatic N) is 2. The van der Waals surface area contributed by atoms with Crippen molar-refractivity contribution in [2.24, 2.45) is 0 Å². The van der Waals surface area contributed by atoms with Crippen LogP contribution < -0.4 is 14.2 Å². The SMILES string of the molecule is COc1cc2nccc(Oc3cc4ccccc4nc3O)c2cc1OC. The Morgan fingerprint density at radius 2 is 1.58 bits per heavy atom. The lowest BCUT2D eigenvalue weighted by molar-refractivity contribution is 0.355. The van der Waals surface area contributed by atoms with Gasteiger partial charge in [0.05, 0.1) is 25.3 Å². The van der Waals surface area contributed by atoms with Crippen LogP contribution in [-0.4, -0.2) is 29.3 Å². The fraction of sp³-hybridized carbons (Fsp3) is 0.100. The quantitative estimate of drug-likeness (QED) is 0.593. The van der Waals surface area contributed by atoms with Crippen LogP contribution in [-0.2, 0) is 0 Å². The van der Waals surface area contributed by atoms with E-state index in [-0.39, 0.29) is 11.6 Å². The van der Waals surface area contributed by atoms with Gasteiger partial charge in [0, 0.05) is 23.0 Å². The van der Waals surface area contributed by atoms with Gasteiger partial charge in [0.1, 0.15) is 5.75 Å². The molecule has 6 heteroatoms. The summed E-state index contributed by atoms with van der Waals surface area (Å²) in [4.78, 5) is 8.53. The summed E-state index contributed by atoms with van der Waals surface area (Å²) in [5, 5.41) is 11.8. The minimum atomic E-state index is -0.172. The molecule has 4 rings (SSSR count). The number of hydrogen-bond acceptors (Lipinski definition) is 6. The zero-order valence-electron chi connectivity index (χ0n) is 14.3. The van der Waals surface area contributed by atoms with Crippen molar-refractivity contribution in [3.8, 4) is 28.9 Å². The third-order valence-corrected chi connectivity index (χ3v) is 4.10. The Balaban J connectivity index is 1.83. The first-order chi connectivity index (χ1) is 12.7. The normalized spacial score (nSPS) is 10.8. The molecule has 0 fully saturated rings. The van der Waals surface area contributed by atoms with Crippen LogP contribution in [0.2, 0.25) is 0 Å². The maximum Gasteiger partial charge on any atom is 0.255 e. The molecular weight excluding hydrogens is 332 g/mol. The van der Waals surface area contributed by atoms with Gasteiger partial charge in [-0.15, -0.1) is 0 Å². The summed E-state index contributed by atoms with van der Waals surface area (Å²) in [5.74, 6) is 1.78. The van der Waals surface area contributed by atoms with Gasteiger partial charge in [0.25, 0.3) is 5.88 Å². The summed E-state index contributed by atoms with van der Waals surface area (Å²) < 4.78 is 16.6. The first-order valence-electron chi connectivity index (χ1n) is 7.97. The number of aromatic hydroxyl groups is 1. The number of ether oxygens (including phenoxy) is 3. The average Bonchev–Trinajstić information content (AvgIpc) is 2.67. The fourth-order valence-electron chi connectivity index (χ4n) is 2.82. The number of fused-ring (bicyclic) bond motifs is 2. The smallest absolute Gasteiger partial charge is 0.255 e. The molecule has 0 aliphatic rings. The van der Waals surface area contributed by atoms with E-state index in [0.29, 0.717) is 28.3 Å². The van der Waals surface area contributed by atoms with Crippen LogP contribution in [0.4, 0.5) is 0 Å². The van der Waals surface area contributed by atoms with Crippen molar-refractivity contribution in [3.63, 3.8) is 0 Å². The zero-order chi connectivity index (χ0) is 18.1. The topological polar surface area (TPSA) is 73.7 Å². The average molecular weight is 348 g/mol. The van der Waals surface area contributed by atoms with Crippen molar-refractivity contribution in [2.45, 2.75) is 0 Å². The molecule has 6 nitrogen and oxygen atoms in total. The predicted molar refractivity (Wildman–Crippen MR) is 98.3 cm³/mol. The lowest BCUT2D eigenvalue weighted by Gasteiger charge is -2.13. The number of aromatic nitrogens is 2. The Kier molecular flexibility index (Phi) is 3.93. The van der Waals surface area contributed by atoms with Gasteiger partial charge < -0.3 is 19.3 Å². The summed E-state index contributed by atoms with van der Waals surface area (Å²) in [7, 11) is 3.14. The third kappa shape index (κ3) is 2.71. The van der Waals surface area contributed by atoms with E-state index >= 15 is 0 Å². The van der Waals surface area contributed by atoms with Gasteiger partial charge in [-0.25, -0.2) is 4.98 Å². The van der Waals surface area contributed by atoms with Gasteiger partial charge in [-0.3, -0.25) is 4.98 Å². The highest BCUT2D eigenvalue weighted by Crippen LogP contribution is 2.39. The lowest BCUT2D eigenvalue weighted by Crippen LogP contribution is -1.94. The Morgan fingerprint density at radius 1 is 0.808 bits per heavy atom. The van der Waals surface area contributed by atoms with Gasteiger partial charge in [-0.2, -0.15) is 0 Å². The van der Waals surface area contributed by atoms with E-state index in [4.69, 9.17) is 14.2 Å². The van der Waals surface area contributed by atoms with Gasteiger partial charge in [0.2, 0.25) is 0 Å². The van der Waals surface area contributed by atoms with Gasteiger partial charge in [-0.05, 0) is 24.3 Å². The zero-order valence-corrected chi connectivity index (χ0v) is 14.3. The second-order valence-electron chi connectivity index (χ2n) is 5.64. The van der Waals surface area contributed by atoms with Crippen molar-refractivity contribution in [1.29, 1.82) is 0 Å². The largest absolute Gasteiger partial charge is 0.493 e. The van der Waals surface area contributed by atoms with Crippen molar-refractivity contribution in [3.05, 3.63) is 54.7 Å². The molecule has 0 aliphatic heterocycles. The molecule has 0 saturated heterocycles. The Morgan fingerprint density at radius 3 is 2.38 bits per heavy atom. The second kappa shape index (κ2) is 6.40. The van der Waals surface area contributed by atoms with Crippen molar-refractivity contribution >= 4 is 21.8 Å². The molecule has 0 atom stereocenters. The van der Waals surface area contributed by atoms with Crippen LogP contribution in [0, 0.1) is 0 Å². The van der Waals surface area contributed by atoms with Crippen molar-refractivity contribution in [1.82, 2.24) is 9.97 Å². The molecule has 130 valence electrons. The molecule has 0 amide bonds. The highest BCUT2D eigenvalue weighted by Gasteiger charge is 2.13. The predicted octanol–water partition coefficient (Wildman–Crippen LogP) is 4.30. The van der Waals surface area contributed by atoms with Crippen LogP contribution in [0.15, 0.2) is 54.7 Å². The maximum atomic E-state index is 10.2. The third-order valence-electron chi connectivity index (χ3n) is 4.10. The molecule has 2 aromatic heterocycles. The van der Waals surface area contributed by atoms with E-state index in [1.165, 1.54) is 0 Å². The Bertz CT molecular complexity index is 1110. The molecule has 4 aromatic rings. The molecular formula is C20H16N2O4. The minimum Gasteiger partial charge on any atom is -0.493 e. The monoisotopic (exact) mass is 348 g/mol. The minimum absolute atomic E-state index is 0.172. The van der Waals surface area contributed by atoms with Crippen LogP contribution in [0.25, 0.3) is 21.8 Å². The fourth-order valence-corrected chi connectivity index (χ4v) is 2.82. The highest BCUT2D eigenvalue weighted by molar-refractivity contribution is 5.88. The second-order valence-corrected chi connectivity index (χ2v) is 5.64. The summed E-state index contributed by atoms with van der Waals surface area (Å²) in [6.07, 6.45) is 1.63. The number of benzene rings is 2. The van der Waals surface area contributed by atoms with E-state index in [9.17, 15) is 5.11 Å². The first kappa shape index (κ1) is 16.0. The van der Waals surface area contributed by atoms with E-state index in [2.05, 4.69) is 9.97 Å². The molecule has 2 aromatic carbocycles. The Labute approximate surface area is 149 Å². The van der Waals surface area contributed by atoms with Gasteiger partial charge in [-0.1, -0.05) is 18.2 Å². The van der Waals surface area contributed by atoms with Crippen molar-refractivity contribution in [2.75, 3.05) is 14.2 Å². The molecule has 0 spiro atoms. The van der Waals surface area contributed by atoms with E-state index in [0.717, 1.165) is 10.8 Å². The number of methoxy groups -OCH3 is 2. The molecule has 2 heterocycles. The maximum absolute atomic E-state index is 10.2. The van der Waals surface area contributed by atoms with E-state index in [1.807, 2.05) is 24.3 Å². The van der Waals surface area contributed by atoms with Gasteiger partial charge >= 0.3 is 0 Å². The molecule has 1 N–H and O–H groups in total. The highest BCUT2D eigenvalue weighted by atomic mass is 16.5. The van der Waals surface area contributed by atoms with Crippen molar-refractivity contribution < 1.29 is 19.3 Å². The van der Waals surface area contributed by atoms with Crippen LogP contribution in [0.1, 0.15) is 0 Å². The summed E-state index contributed by atoms with van der Waals surface area (Å²) >= 11 is 0. The molecule has 0 bridgehead atoms. The van der Waals surface area contributed by atoms with Crippen LogP contribution in [0.3, 0.4) is 0 Å². The lowest BCUT2D eigenvalue weighted by atomic mass is 10.1. The van der Waals surface area contributed by atoms with E-state index < -0.39 is 0 Å². The molecule has 0 saturated carbocycles. The molecule has 26 heavy (non-hydrogen) atoms. The molecule has 0 unspecified atom stereocenters. The molecule has 0 radical (unpaired) electrons. The van der Waals surface area contributed by atoms with Crippen LogP contribution in [0.5, 0.6) is 28.9 Å². The van der Waals surface area contributed by atoms with E-state index in [1.54, 1.807) is 44.7 Å². The van der Waals surface area contributed by atoms with Gasteiger partial charge in [0.15, 0.2) is 17.2 Å². The first-order valence-corrected chi connectivity index (χ1v) is 7.97. The summed E-state index contributed by atoms with van der Waals surface area (Å²) in [6.45, 7) is 0. The number of hydrogen-bond donors (Lipinski definition) is 1. The number of pyridine rings is 2. The number of para-hydroxylation sites is 1.